The van der Waals surface area contributed by atoms with Crippen LogP contribution >= 0.6 is 22.3 Å². The van der Waals surface area contributed by atoms with Gasteiger partial charge in [-0.05, 0) is 42.3 Å². The third-order valence-corrected chi connectivity index (χ3v) is 4.39. The molecular weight excluding hydrogens is 319 g/mol. The molecule has 2 aromatic carbocycles. The molecule has 0 heterocycles. The molecule has 0 aromatic heterocycles. The highest BCUT2D eigenvalue weighted by Crippen LogP contribution is 2.32. The maximum atomic E-state index is 11.2. The molecule has 0 aliphatic heterocycles. The second-order valence-corrected chi connectivity index (χ2v) is 7.10. The largest absolute Gasteiger partial charge is 0.456 e. The Morgan fingerprint density at radius 3 is 2.25 bits per heavy atom. The molecule has 3 nitrogen and oxygen atoms in total. The molecule has 0 N–H and O–H groups in total. The van der Waals surface area contributed by atoms with Gasteiger partial charge in [-0.25, -0.2) is 8.42 Å². The summed E-state index contributed by atoms with van der Waals surface area (Å²) in [6.07, 6.45) is 0.948. The second kappa shape index (κ2) is 6.04. The summed E-state index contributed by atoms with van der Waals surface area (Å²) in [5.41, 5.74) is 1.20. The van der Waals surface area contributed by atoms with Crippen LogP contribution in [0.3, 0.4) is 0 Å². The Kier molecular flexibility index (Phi) is 4.58. The lowest BCUT2D eigenvalue weighted by Crippen LogP contribution is -1.92. The highest BCUT2D eigenvalue weighted by atomic mass is 35.7. The summed E-state index contributed by atoms with van der Waals surface area (Å²) in [6.45, 7) is 2.07. The molecule has 0 atom stereocenters. The number of hydrogen-bond donors (Lipinski definition) is 0. The molecular formula is C14H12Cl2O3S. The molecule has 106 valence electrons. The Bertz CT molecular complexity index is 710. The second-order valence-electron chi connectivity index (χ2n) is 4.13. The first kappa shape index (κ1) is 15.2. The van der Waals surface area contributed by atoms with Crippen LogP contribution in [0, 0.1) is 0 Å². The summed E-state index contributed by atoms with van der Waals surface area (Å²) in [4.78, 5) is -0.0575. The first-order valence-electron chi connectivity index (χ1n) is 5.91. The van der Waals surface area contributed by atoms with Crippen LogP contribution in [0.25, 0.3) is 0 Å². The Hall–Kier alpha value is -1.23. The molecule has 0 spiro atoms. The van der Waals surface area contributed by atoms with Crippen molar-refractivity contribution in [3.63, 3.8) is 0 Å². The van der Waals surface area contributed by atoms with E-state index in [2.05, 4.69) is 6.92 Å². The van der Waals surface area contributed by atoms with Gasteiger partial charge < -0.3 is 4.74 Å². The van der Waals surface area contributed by atoms with E-state index in [9.17, 15) is 8.42 Å². The fourth-order valence-electron chi connectivity index (χ4n) is 1.64. The Labute approximate surface area is 127 Å². The van der Waals surface area contributed by atoms with Crippen LogP contribution in [0.5, 0.6) is 11.5 Å². The molecule has 0 saturated heterocycles. The number of hydrogen-bond acceptors (Lipinski definition) is 3. The molecule has 0 aliphatic carbocycles. The van der Waals surface area contributed by atoms with E-state index in [-0.39, 0.29) is 9.92 Å². The molecule has 0 unspecified atom stereocenters. The number of rotatable bonds is 4. The lowest BCUT2D eigenvalue weighted by atomic mass is 10.2. The van der Waals surface area contributed by atoms with Crippen molar-refractivity contribution in [2.24, 2.45) is 0 Å². The van der Waals surface area contributed by atoms with Crippen LogP contribution in [0.1, 0.15) is 12.5 Å². The molecule has 0 amide bonds. The minimum Gasteiger partial charge on any atom is -0.456 e. The van der Waals surface area contributed by atoms with Gasteiger partial charge >= 0.3 is 0 Å². The predicted molar refractivity (Wildman–Crippen MR) is 80.4 cm³/mol. The van der Waals surface area contributed by atoms with Gasteiger partial charge in [0.15, 0.2) is 0 Å². The summed E-state index contributed by atoms with van der Waals surface area (Å²) in [7, 11) is 1.46. The predicted octanol–water partition coefficient (Wildman–Crippen LogP) is 4.62. The average Bonchev–Trinajstić information content (AvgIpc) is 2.41. The van der Waals surface area contributed by atoms with Crippen molar-refractivity contribution >= 4 is 31.3 Å². The van der Waals surface area contributed by atoms with Crippen LogP contribution in [0.15, 0.2) is 47.4 Å². The Balaban J connectivity index is 2.25. The molecule has 2 aromatic rings. The van der Waals surface area contributed by atoms with E-state index in [0.717, 1.165) is 6.42 Å². The number of ether oxygens (including phenoxy) is 1. The van der Waals surface area contributed by atoms with Crippen molar-refractivity contribution < 1.29 is 13.2 Å². The summed E-state index contributed by atoms with van der Waals surface area (Å²) in [6, 6.07) is 11.7. The highest BCUT2D eigenvalue weighted by molar-refractivity contribution is 8.13. The van der Waals surface area contributed by atoms with Crippen molar-refractivity contribution in [3.05, 3.63) is 53.1 Å². The van der Waals surface area contributed by atoms with E-state index < -0.39 is 9.05 Å². The quantitative estimate of drug-likeness (QED) is 0.768. The molecule has 0 radical (unpaired) electrons. The van der Waals surface area contributed by atoms with Crippen LogP contribution in [0.4, 0.5) is 0 Å². The van der Waals surface area contributed by atoms with E-state index in [1.165, 1.54) is 23.8 Å². The number of halogens is 2. The van der Waals surface area contributed by atoms with Crippen molar-refractivity contribution in [2.45, 2.75) is 18.2 Å². The first-order chi connectivity index (χ1) is 9.40. The Morgan fingerprint density at radius 2 is 1.75 bits per heavy atom. The fraction of sp³-hybridized carbons (Fsp3) is 0.143. The Morgan fingerprint density at radius 1 is 1.10 bits per heavy atom. The van der Waals surface area contributed by atoms with Crippen molar-refractivity contribution in [2.75, 3.05) is 0 Å². The minimum atomic E-state index is -3.79. The molecule has 0 saturated carbocycles. The average molecular weight is 331 g/mol. The van der Waals surface area contributed by atoms with E-state index in [0.29, 0.717) is 11.5 Å². The smallest absolute Gasteiger partial charge is 0.261 e. The van der Waals surface area contributed by atoms with Crippen molar-refractivity contribution in [3.8, 4) is 11.5 Å². The van der Waals surface area contributed by atoms with Gasteiger partial charge in [0.2, 0.25) is 0 Å². The minimum absolute atomic E-state index is 0.0575. The van der Waals surface area contributed by atoms with Crippen LogP contribution in [-0.2, 0) is 15.5 Å². The van der Waals surface area contributed by atoms with Gasteiger partial charge in [-0.1, -0.05) is 30.7 Å². The molecule has 6 heteroatoms. The third-order valence-electron chi connectivity index (χ3n) is 2.74. The van der Waals surface area contributed by atoms with Gasteiger partial charge in [-0.2, -0.15) is 0 Å². The molecule has 0 aliphatic rings. The van der Waals surface area contributed by atoms with E-state index in [4.69, 9.17) is 27.0 Å². The van der Waals surface area contributed by atoms with Gasteiger partial charge in [0.25, 0.3) is 9.05 Å². The lowest BCUT2D eigenvalue weighted by molar-refractivity contribution is 0.482. The normalized spacial score (nSPS) is 11.3. The maximum absolute atomic E-state index is 11.2. The number of aryl methyl sites for hydroxylation is 1. The molecule has 2 rings (SSSR count). The molecule has 0 bridgehead atoms. The SMILES string of the molecule is CCc1ccc(Oc2ccc(S(=O)(=O)Cl)cc2Cl)cc1. The van der Waals surface area contributed by atoms with Gasteiger partial charge in [0.1, 0.15) is 11.5 Å². The van der Waals surface area contributed by atoms with Gasteiger partial charge in [-0.15, -0.1) is 0 Å². The van der Waals surface area contributed by atoms with Gasteiger partial charge in [0.05, 0.1) is 9.92 Å². The standard InChI is InChI=1S/C14H12Cl2O3S/c1-2-10-3-5-11(6-4-10)19-14-8-7-12(9-13(14)15)20(16,17)18/h3-9H,2H2,1H3. The van der Waals surface area contributed by atoms with E-state index >= 15 is 0 Å². The monoisotopic (exact) mass is 330 g/mol. The maximum Gasteiger partial charge on any atom is 0.261 e. The van der Waals surface area contributed by atoms with E-state index in [1.807, 2.05) is 24.3 Å². The van der Waals surface area contributed by atoms with Crippen LogP contribution in [-0.4, -0.2) is 8.42 Å². The molecule has 0 fully saturated rings. The zero-order chi connectivity index (χ0) is 14.8. The summed E-state index contributed by atoms with van der Waals surface area (Å²) in [5.74, 6) is 1.01. The van der Waals surface area contributed by atoms with E-state index in [1.54, 1.807) is 0 Å². The zero-order valence-corrected chi connectivity index (χ0v) is 13.0. The van der Waals surface area contributed by atoms with Crippen LogP contribution in [0.2, 0.25) is 5.02 Å². The van der Waals surface area contributed by atoms with Crippen LogP contribution < -0.4 is 4.74 Å². The van der Waals surface area contributed by atoms with Crippen molar-refractivity contribution in [1.82, 2.24) is 0 Å². The third kappa shape index (κ3) is 3.66. The highest BCUT2D eigenvalue weighted by Gasteiger charge is 2.13. The summed E-state index contributed by atoms with van der Waals surface area (Å²) >= 11 is 6.00. The topological polar surface area (TPSA) is 43.4 Å². The first-order valence-corrected chi connectivity index (χ1v) is 8.60. The van der Waals surface area contributed by atoms with Gasteiger partial charge in [-0.3, -0.25) is 0 Å². The van der Waals surface area contributed by atoms with Crippen molar-refractivity contribution in [1.29, 1.82) is 0 Å². The molecule has 20 heavy (non-hydrogen) atoms. The lowest BCUT2D eigenvalue weighted by Gasteiger charge is -2.09. The summed E-state index contributed by atoms with van der Waals surface area (Å²) in [5, 5.41) is 0.186. The van der Waals surface area contributed by atoms with Gasteiger partial charge in [0, 0.05) is 10.7 Å². The fourth-order valence-corrected chi connectivity index (χ4v) is 2.70. The zero-order valence-electron chi connectivity index (χ0n) is 10.6. The summed E-state index contributed by atoms with van der Waals surface area (Å²) < 4.78 is 28.0. The number of benzene rings is 2.